The number of rotatable bonds is 4. The van der Waals surface area contributed by atoms with Crippen molar-refractivity contribution in [2.24, 2.45) is 50.5 Å². The first-order valence-electron chi connectivity index (χ1n) is 10.9. The summed E-state index contributed by atoms with van der Waals surface area (Å²) in [6, 6.07) is 0. The van der Waals surface area contributed by atoms with Gasteiger partial charge in [0.2, 0.25) is 0 Å². The Hall–Kier alpha value is -1.43. The number of Topliss-reactive ketones (excluding diaryl/α,β-unsaturated/α-hetero) is 1. The molecule has 0 aliphatic heterocycles. The van der Waals surface area contributed by atoms with Crippen LogP contribution in [-0.4, -0.2) is 37.5 Å². The lowest BCUT2D eigenvalue weighted by Gasteiger charge is -2.59. The van der Waals surface area contributed by atoms with E-state index in [1.54, 1.807) is 7.11 Å². The highest BCUT2D eigenvalue weighted by Crippen LogP contribution is 2.64. The van der Waals surface area contributed by atoms with Gasteiger partial charge in [-0.15, -0.1) is 0 Å². The van der Waals surface area contributed by atoms with Crippen molar-refractivity contribution in [1.29, 1.82) is 0 Å². The molecular weight excluding hydrogens is 354 g/mol. The van der Waals surface area contributed by atoms with Gasteiger partial charge >= 0.3 is 0 Å². The molecule has 0 heterocycles. The Morgan fingerprint density at radius 2 is 1.93 bits per heavy atom. The van der Waals surface area contributed by atoms with Gasteiger partial charge in [-0.2, -0.15) is 0 Å². The zero-order chi connectivity index (χ0) is 19.9. The van der Waals surface area contributed by atoms with E-state index in [9.17, 15) is 4.79 Å². The molecule has 4 aliphatic rings. The molecule has 0 aromatic heterocycles. The molecule has 6 nitrogen and oxygen atoms in total. The zero-order valence-corrected chi connectivity index (χ0v) is 17.6. The van der Waals surface area contributed by atoms with E-state index in [-0.39, 0.29) is 10.8 Å². The van der Waals surface area contributed by atoms with Gasteiger partial charge in [-0.05, 0) is 68.1 Å². The molecule has 6 heteroatoms. The van der Waals surface area contributed by atoms with E-state index in [1.807, 2.05) is 0 Å². The first kappa shape index (κ1) is 19.9. The van der Waals surface area contributed by atoms with E-state index < -0.39 is 0 Å². The molecule has 0 amide bonds. The van der Waals surface area contributed by atoms with E-state index in [1.165, 1.54) is 5.71 Å². The molecule has 0 bridgehead atoms. The van der Waals surface area contributed by atoms with Gasteiger partial charge in [-0.25, -0.2) is 0 Å². The minimum atomic E-state index is -0.111. The number of ketones is 1. The van der Waals surface area contributed by atoms with Crippen LogP contribution in [0.25, 0.3) is 0 Å². The summed E-state index contributed by atoms with van der Waals surface area (Å²) in [6.07, 6.45) is 7.96. The van der Waals surface area contributed by atoms with Crippen LogP contribution in [0.1, 0.15) is 65.2 Å². The SMILES string of the molecule is CO/N=C1\C[C@@H]2[C@H](CC[C@]3(C)C(=O)CC[C@@H]23)[C@@]2(C)CC/C(=N\OCCN)C[C@H]12. The third-order valence-electron chi connectivity index (χ3n) is 8.64. The molecule has 4 rings (SSSR count). The maximum absolute atomic E-state index is 12.6. The number of nitrogens with two attached hydrogens (primary N) is 1. The minimum Gasteiger partial charge on any atom is -0.399 e. The average molecular weight is 390 g/mol. The van der Waals surface area contributed by atoms with Crippen LogP contribution in [0.4, 0.5) is 0 Å². The molecule has 0 spiro atoms. The Balaban J connectivity index is 1.63. The first-order valence-corrected chi connectivity index (χ1v) is 10.9. The van der Waals surface area contributed by atoms with Crippen molar-refractivity contribution in [2.45, 2.75) is 65.2 Å². The topological polar surface area (TPSA) is 86.3 Å². The molecule has 4 fully saturated rings. The van der Waals surface area contributed by atoms with E-state index in [0.29, 0.717) is 42.6 Å². The van der Waals surface area contributed by atoms with Gasteiger partial charge in [0.1, 0.15) is 19.5 Å². The summed E-state index contributed by atoms with van der Waals surface area (Å²) < 4.78 is 0. The number of carbonyl (C=O) groups is 1. The highest BCUT2D eigenvalue weighted by molar-refractivity contribution is 5.96. The summed E-state index contributed by atoms with van der Waals surface area (Å²) >= 11 is 0. The maximum atomic E-state index is 12.6. The molecule has 4 aliphatic carbocycles. The van der Waals surface area contributed by atoms with Gasteiger partial charge in [-0.3, -0.25) is 4.79 Å². The molecule has 0 unspecified atom stereocenters. The molecule has 4 saturated carbocycles. The lowest BCUT2D eigenvalue weighted by molar-refractivity contribution is -0.133. The molecule has 0 radical (unpaired) electrons. The molecule has 28 heavy (non-hydrogen) atoms. The Labute approximate surface area is 168 Å². The van der Waals surface area contributed by atoms with Gasteiger partial charge < -0.3 is 15.4 Å². The number of nitrogens with zero attached hydrogens (tertiary/aromatic N) is 2. The van der Waals surface area contributed by atoms with Crippen LogP contribution in [0.2, 0.25) is 0 Å². The smallest absolute Gasteiger partial charge is 0.139 e. The maximum Gasteiger partial charge on any atom is 0.139 e. The molecule has 156 valence electrons. The highest BCUT2D eigenvalue weighted by atomic mass is 16.6. The number of oxime groups is 2. The monoisotopic (exact) mass is 389 g/mol. The number of hydrogen-bond acceptors (Lipinski definition) is 6. The van der Waals surface area contributed by atoms with Gasteiger partial charge in [-0.1, -0.05) is 24.2 Å². The van der Waals surface area contributed by atoms with Crippen molar-refractivity contribution in [2.75, 3.05) is 20.3 Å². The second-order valence-corrected chi connectivity index (χ2v) is 9.81. The van der Waals surface area contributed by atoms with E-state index >= 15 is 0 Å². The van der Waals surface area contributed by atoms with Crippen LogP contribution in [-0.2, 0) is 14.5 Å². The normalized spacial score (nSPS) is 45.5. The van der Waals surface area contributed by atoms with Crippen LogP contribution in [0.15, 0.2) is 10.3 Å². The van der Waals surface area contributed by atoms with E-state index in [4.69, 9.17) is 15.4 Å². The minimum absolute atomic E-state index is 0.111. The third kappa shape index (κ3) is 2.99. The Kier molecular flexibility index (Phi) is 5.27. The van der Waals surface area contributed by atoms with Crippen molar-refractivity contribution in [3.05, 3.63) is 0 Å². The standard InChI is InChI=1S/C22H35N3O3/c1-21-8-6-14(24-28-11-10-23)12-18(21)19(25-27-3)13-15-16-4-5-20(26)22(16,2)9-7-17(15)21/h15-18H,4-13,23H2,1-3H3/b24-14+,25-19+/t15-,16-,17-,18+,21+,22-/m0/s1. The van der Waals surface area contributed by atoms with Crippen molar-refractivity contribution in [3.8, 4) is 0 Å². The van der Waals surface area contributed by atoms with Crippen molar-refractivity contribution >= 4 is 17.2 Å². The quantitative estimate of drug-likeness (QED) is 0.588. The largest absolute Gasteiger partial charge is 0.399 e. The molecule has 0 aromatic carbocycles. The summed E-state index contributed by atoms with van der Waals surface area (Å²) in [7, 11) is 1.64. The van der Waals surface area contributed by atoms with Crippen LogP contribution >= 0.6 is 0 Å². The fourth-order valence-electron chi connectivity index (χ4n) is 7.14. The third-order valence-corrected chi connectivity index (χ3v) is 8.64. The number of hydrogen-bond donors (Lipinski definition) is 1. The van der Waals surface area contributed by atoms with Crippen LogP contribution in [0.3, 0.4) is 0 Å². The Morgan fingerprint density at radius 3 is 2.68 bits per heavy atom. The molecule has 0 saturated heterocycles. The van der Waals surface area contributed by atoms with Crippen LogP contribution in [0, 0.1) is 34.5 Å². The van der Waals surface area contributed by atoms with Crippen molar-refractivity contribution < 1.29 is 14.5 Å². The van der Waals surface area contributed by atoms with Crippen molar-refractivity contribution in [1.82, 2.24) is 0 Å². The van der Waals surface area contributed by atoms with Crippen LogP contribution in [0.5, 0.6) is 0 Å². The average Bonchev–Trinajstić information content (AvgIpc) is 2.98. The lowest BCUT2D eigenvalue weighted by atomic mass is 9.45. The Morgan fingerprint density at radius 1 is 1.11 bits per heavy atom. The molecule has 6 atom stereocenters. The lowest BCUT2D eigenvalue weighted by Crippen LogP contribution is -2.56. The van der Waals surface area contributed by atoms with Gasteiger partial charge in [0, 0.05) is 24.3 Å². The van der Waals surface area contributed by atoms with E-state index in [2.05, 4.69) is 24.2 Å². The molecule has 0 aromatic rings. The number of carbonyl (C=O) groups excluding carboxylic acids is 1. The molecular formula is C22H35N3O3. The van der Waals surface area contributed by atoms with Gasteiger partial charge in [0.05, 0.1) is 11.4 Å². The Bertz CT molecular complexity index is 691. The summed E-state index contributed by atoms with van der Waals surface area (Å²) in [5.41, 5.74) is 7.89. The summed E-state index contributed by atoms with van der Waals surface area (Å²) in [6.45, 7) is 5.63. The highest BCUT2D eigenvalue weighted by Gasteiger charge is 2.61. The fraction of sp³-hybridized carbons (Fsp3) is 0.864. The van der Waals surface area contributed by atoms with Gasteiger partial charge in [0.25, 0.3) is 0 Å². The van der Waals surface area contributed by atoms with Gasteiger partial charge in [0.15, 0.2) is 0 Å². The molecule has 2 N–H and O–H groups in total. The predicted octanol–water partition coefficient (Wildman–Crippen LogP) is 3.54. The summed E-state index contributed by atoms with van der Waals surface area (Å²) in [5, 5.41) is 8.87. The first-order chi connectivity index (χ1) is 13.4. The predicted molar refractivity (Wildman–Crippen MR) is 109 cm³/mol. The van der Waals surface area contributed by atoms with Crippen molar-refractivity contribution in [3.63, 3.8) is 0 Å². The second-order valence-electron chi connectivity index (χ2n) is 9.81. The van der Waals surface area contributed by atoms with E-state index in [0.717, 1.165) is 57.1 Å². The summed E-state index contributed by atoms with van der Waals surface area (Å²) in [5.74, 6) is 2.55. The fourth-order valence-corrected chi connectivity index (χ4v) is 7.14. The second kappa shape index (κ2) is 7.43. The number of fused-ring (bicyclic) bond motifs is 5. The zero-order valence-electron chi connectivity index (χ0n) is 17.6. The van der Waals surface area contributed by atoms with Crippen LogP contribution < -0.4 is 5.73 Å². The summed E-state index contributed by atoms with van der Waals surface area (Å²) in [4.78, 5) is 23.3.